The van der Waals surface area contributed by atoms with Crippen molar-refractivity contribution in [3.63, 3.8) is 0 Å². The van der Waals surface area contributed by atoms with Gasteiger partial charge in [-0.2, -0.15) is 4.99 Å². The van der Waals surface area contributed by atoms with Gasteiger partial charge in [-0.25, -0.2) is 0 Å². The topological polar surface area (TPSA) is 93.1 Å². The fourth-order valence-corrected chi connectivity index (χ4v) is 3.64. The molecule has 3 aromatic rings. The van der Waals surface area contributed by atoms with Crippen LogP contribution in [-0.4, -0.2) is 29.8 Å². The first-order valence-corrected chi connectivity index (χ1v) is 10.1. The number of ketones is 1. The number of rotatable bonds is 4. The van der Waals surface area contributed by atoms with Crippen LogP contribution in [0.3, 0.4) is 0 Å². The van der Waals surface area contributed by atoms with E-state index in [9.17, 15) is 4.79 Å². The Morgan fingerprint density at radius 2 is 1.83 bits per heavy atom. The molecule has 1 aromatic heterocycles. The van der Waals surface area contributed by atoms with E-state index in [0.717, 1.165) is 30.0 Å². The highest BCUT2D eigenvalue weighted by molar-refractivity contribution is 5.94. The van der Waals surface area contributed by atoms with E-state index in [4.69, 9.17) is 5.41 Å². The number of pyridine rings is 1. The Balaban J connectivity index is 1.47. The van der Waals surface area contributed by atoms with E-state index in [-0.39, 0.29) is 11.7 Å². The number of hydrogen-bond donors (Lipinski definition) is 4. The van der Waals surface area contributed by atoms with Gasteiger partial charge in [0.05, 0.1) is 0 Å². The molecule has 1 atom stereocenters. The van der Waals surface area contributed by atoms with Crippen molar-refractivity contribution in [2.24, 2.45) is 4.99 Å². The lowest BCUT2D eigenvalue weighted by Crippen LogP contribution is -2.16. The molecule has 0 amide bonds. The van der Waals surface area contributed by atoms with Crippen molar-refractivity contribution in [3.8, 4) is 11.3 Å². The summed E-state index contributed by atoms with van der Waals surface area (Å²) >= 11 is 0. The second-order valence-electron chi connectivity index (χ2n) is 7.48. The zero-order valence-electron chi connectivity index (χ0n) is 16.9. The molecular weight excluding hydrogens is 374 g/mol. The van der Waals surface area contributed by atoms with Gasteiger partial charge in [0.15, 0.2) is 5.78 Å². The maximum atomic E-state index is 11.4. The highest BCUT2D eigenvalue weighted by Crippen LogP contribution is 2.23. The zero-order chi connectivity index (χ0) is 20.9. The SMILES string of the molecule is CC(=O)c1ccc(-c2ccc/c(=N/C(=N)Nc3ccc(C4CCNC4)cc3)[nH]2)cc1. The molecule has 1 fully saturated rings. The Morgan fingerprint density at radius 3 is 2.50 bits per heavy atom. The number of carbonyl (C=O) groups is 1. The number of H-pyrrole nitrogens is 1. The molecule has 0 bridgehead atoms. The van der Waals surface area contributed by atoms with Crippen LogP contribution in [0.4, 0.5) is 5.69 Å². The fourth-order valence-electron chi connectivity index (χ4n) is 3.64. The fraction of sp³-hybridized carbons (Fsp3) is 0.208. The number of Topliss-reactive ketones (excluding diaryl/α,β-unsaturated/α-hetero) is 1. The van der Waals surface area contributed by atoms with Crippen LogP contribution in [0.2, 0.25) is 0 Å². The van der Waals surface area contributed by atoms with Crippen molar-refractivity contribution < 1.29 is 4.79 Å². The first-order chi connectivity index (χ1) is 14.6. The Morgan fingerprint density at radius 1 is 1.07 bits per heavy atom. The van der Waals surface area contributed by atoms with E-state index in [1.165, 1.54) is 12.0 Å². The second kappa shape index (κ2) is 8.88. The van der Waals surface area contributed by atoms with Crippen molar-refractivity contribution in [3.05, 3.63) is 83.3 Å². The van der Waals surface area contributed by atoms with Gasteiger partial charge in [-0.15, -0.1) is 0 Å². The van der Waals surface area contributed by atoms with Gasteiger partial charge in [0.1, 0.15) is 5.49 Å². The highest BCUT2D eigenvalue weighted by Gasteiger charge is 2.16. The van der Waals surface area contributed by atoms with Gasteiger partial charge in [0.25, 0.3) is 0 Å². The number of aromatic nitrogens is 1. The normalized spacial score (nSPS) is 16.4. The van der Waals surface area contributed by atoms with E-state index >= 15 is 0 Å². The molecular formula is C24H25N5O. The van der Waals surface area contributed by atoms with Gasteiger partial charge in [-0.3, -0.25) is 10.2 Å². The van der Waals surface area contributed by atoms with E-state index in [1.807, 2.05) is 54.6 Å². The van der Waals surface area contributed by atoms with Gasteiger partial charge in [0, 0.05) is 23.5 Å². The summed E-state index contributed by atoms with van der Waals surface area (Å²) in [6.07, 6.45) is 1.17. The van der Waals surface area contributed by atoms with Gasteiger partial charge < -0.3 is 15.6 Å². The molecule has 4 rings (SSSR count). The van der Waals surface area contributed by atoms with Crippen LogP contribution in [0.5, 0.6) is 0 Å². The Kier molecular flexibility index (Phi) is 5.86. The van der Waals surface area contributed by atoms with Gasteiger partial charge >= 0.3 is 0 Å². The smallest absolute Gasteiger partial charge is 0.221 e. The molecule has 6 heteroatoms. The molecule has 1 aliphatic heterocycles. The molecule has 0 aliphatic carbocycles. The van der Waals surface area contributed by atoms with Crippen LogP contribution >= 0.6 is 0 Å². The molecule has 0 radical (unpaired) electrons. The molecule has 0 spiro atoms. The number of benzene rings is 2. The number of guanidine groups is 1. The zero-order valence-corrected chi connectivity index (χ0v) is 16.9. The largest absolute Gasteiger partial charge is 0.340 e. The second-order valence-corrected chi connectivity index (χ2v) is 7.48. The highest BCUT2D eigenvalue weighted by atomic mass is 16.1. The van der Waals surface area contributed by atoms with Crippen LogP contribution in [0.1, 0.15) is 35.2 Å². The molecule has 2 aromatic carbocycles. The Labute approximate surface area is 175 Å². The number of hydrogen-bond acceptors (Lipinski definition) is 3. The quantitative estimate of drug-likeness (QED) is 0.304. The molecule has 152 valence electrons. The molecule has 0 saturated carbocycles. The maximum absolute atomic E-state index is 11.4. The molecule has 1 saturated heterocycles. The van der Waals surface area contributed by atoms with E-state index < -0.39 is 0 Å². The lowest BCUT2D eigenvalue weighted by atomic mass is 9.98. The molecule has 1 aliphatic rings. The molecule has 4 N–H and O–H groups in total. The summed E-state index contributed by atoms with van der Waals surface area (Å²) in [4.78, 5) is 19.0. The molecule has 2 heterocycles. The van der Waals surface area contributed by atoms with Crippen molar-refractivity contribution in [2.45, 2.75) is 19.3 Å². The van der Waals surface area contributed by atoms with Crippen molar-refractivity contribution in [2.75, 3.05) is 18.4 Å². The van der Waals surface area contributed by atoms with Gasteiger partial charge in [0.2, 0.25) is 5.96 Å². The summed E-state index contributed by atoms with van der Waals surface area (Å²) in [7, 11) is 0. The minimum absolute atomic E-state index is 0.0433. The molecule has 30 heavy (non-hydrogen) atoms. The monoisotopic (exact) mass is 399 g/mol. The van der Waals surface area contributed by atoms with Crippen LogP contribution in [0.15, 0.2) is 71.7 Å². The van der Waals surface area contributed by atoms with E-state index in [0.29, 0.717) is 17.0 Å². The first-order valence-electron chi connectivity index (χ1n) is 10.1. The van der Waals surface area contributed by atoms with Crippen LogP contribution in [-0.2, 0) is 0 Å². The molecule has 1 unspecified atom stereocenters. The predicted molar refractivity (Wildman–Crippen MR) is 120 cm³/mol. The van der Waals surface area contributed by atoms with Crippen molar-refractivity contribution >= 4 is 17.4 Å². The van der Waals surface area contributed by atoms with E-state index in [2.05, 4.69) is 32.7 Å². The standard InChI is InChI=1S/C24H25N5O/c1-16(30)17-5-7-19(8-6-17)22-3-2-4-23(28-22)29-24(25)27-21-11-9-18(10-12-21)20-13-14-26-15-20/h2-12,20,26H,13-15H2,1H3,(H3,25,27,28,29). The minimum Gasteiger partial charge on any atom is -0.340 e. The third-order valence-corrected chi connectivity index (χ3v) is 5.32. The Bertz CT molecular complexity index is 1110. The number of nitrogens with one attached hydrogen (secondary N) is 4. The van der Waals surface area contributed by atoms with E-state index in [1.54, 1.807) is 6.92 Å². The Hall–Kier alpha value is -3.51. The predicted octanol–water partition coefficient (Wildman–Crippen LogP) is 3.91. The minimum atomic E-state index is 0.0433. The summed E-state index contributed by atoms with van der Waals surface area (Å²) in [5.41, 5.74) is 5.25. The third-order valence-electron chi connectivity index (χ3n) is 5.32. The average Bonchev–Trinajstić information content (AvgIpc) is 3.29. The van der Waals surface area contributed by atoms with Crippen molar-refractivity contribution in [1.29, 1.82) is 5.41 Å². The summed E-state index contributed by atoms with van der Waals surface area (Å²) < 4.78 is 0. The van der Waals surface area contributed by atoms with Gasteiger partial charge in [-0.05, 0) is 61.2 Å². The van der Waals surface area contributed by atoms with Crippen LogP contribution in [0.25, 0.3) is 11.3 Å². The number of carbonyl (C=O) groups excluding carboxylic acids is 1. The summed E-state index contributed by atoms with van der Waals surface area (Å²) in [5, 5.41) is 14.6. The maximum Gasteiger partial charge on any atom is 0.221 e. The van der Waals surface area contributed by atoms with Crippen molar-refractivity contribution in [1.82, 2.24) is 10.3 Å². The van der Waals surface area contributed by atoms with Gasteiger partial charge in [-0.1, -0.05) is 42.5 Å². The van der Waals surface area contributed by atoms with Crippen LogP contribution in [0, 0.1) is 5.41 Å². The lowest BCUT2D eigenvalue weighted by molar-refractivity contribution is 0.101. The summed E-state index contributed by atoms with van der Waals surface area (Å²) in [6, 6.07) is 21.3. The average molecular weight is 399 g/mol. The number of nitrogens with zero attached hydrogens (tertiary/aromatic N) is 1. The van der Waals surface area contributed by atoms with Crippen LogP contribution < -0.4 is 16.1 Å². The molecule has 6 nitrogen and oxygen atoms in total. The lowest BCUT2D eigenvalue weighted by Gasteiger charge is -2.10. The summed E-state index contributed by atoms with van der Waals surface area (Å²) in [5.74, 6) is 0.678. The number of anilines is 1. The summed E-state index contributed by atoms with van der Waals surface area (Å²) in [6.45, 7) is 3.66. The third kappa shape index (κ3) is 4.72. The number of aromatic amines is 1. The first kappa shape index (κ1) is 19.8.